The predicted molar refractivity (Wildman–Crippen MR) is 100 cm³/mol. The molecule has 0 aromatic heterocycles. The highest BCUT2D eigenvalue weighted by molar-refractivity contribution is 8.29. The first-order chi connectivity index (χ1) is 10.5. The van der Waals surface area contributed by atoms with E-state index < -0.39 is 10.3 Å². The lowest BCUT2D eigenvalue weighted by Crippen LogP contribution is -2.25. The van der Waals surface area contributed by atoms with E-state index in [1.807, 2.05) is 0 Å². The van der Waals surface area contributed by atoms with E-state index in [1.165, 1.54) is 12.1 Å². The summed E-state index contributed by atoms with van der Waals surface area (Å²) in [6, 6.07) is 4.86. The number of hydrogen-bond acceptors (Lipinski definition) is 2. The van der Waals surface area contributed by atoms with Gasteiger partial charge in [0.2, 0.25) is 0 Å². The number of amidine groups is 1. The Bertz CT molecular complexity index is 630. The van der Waals surface area contributed by atoms with Gasteiger partial charge in [0.05, 0.1) is 6.61 Å². The lowest BCUT2D eigenvalue weighted by molar-refractivity contribution is 0.331. The van der Waals surface area contributed by atoms with E-state index in [-0.39, 0.29) is 23.0 Å². The molecule has 0 fully saturated rings. The summed E-state index contributed by atoms with van der Waals surface area (Å²) < 4.78 is 20.4. The molecule has 0 saturated carbocycles. The van der Waals surface area contributed by atoms with Crippen LogP contribution < -0.4 is 5.73 Å². The van der Waals surface area contributed by atoms with Crippen molar-refractivity contribution in [3.63, 3.8) is 0 Å². The van der Waals surface area contributed by atoms with Crippen LogP contribution in [0.15, 0.2) is 36.9 Å². The van der Waals surface area contributed by atoms with Crippen LogP contribution in [0.4, 0.5) is 4.39 Å². The molecule has 0 unspecified atom stereocenters. The highest BCUT2D eigenvalue weighted by atomic mass is 32.3. The number of benzene rings is 1. The molecule has 0 atom stereocenters. The zero-order valence-electron chi connectivity index (χ0n) is 14.6. The number of halogens is 1. The number of hydrogen-bond donors (Lipinski definition) is 2. The molecular formula is C18H27FN2OS. The summed E-state index contributed by atoms with van der Waals surface area (Å²) in [6.07, 6.45) is 7.21. The highest BCUT2D eigenvalue weighted by Gasteiger charge is 2.29. The fourth-order valence-electron chi connectivity index (χ4n) is 1.67. The standard InChI is InChI=1S/C18H27FN2OS/c1-13(10-11-17(20)21)14-8-7-9-16(19)15(14)12-22-23(5,6)18(2,3)4/h7-11H,1,12H2,2-6H3,(H3,20,21)/b11-10-. The van der Waals surface area contributed by atoms with Gasteiger partial charge in [0.15, 0.2) is 0 Å². The number of allylic oxidation sites excluding steroid dienone is 2. The molecule has 3 N–H and O–H groups in total. The third kappa shape index (κ3) is 5.22. The van der Waals surface area contributed by atoms with Gasteiger partial charge < -0.3 is 9.92 Å². The third-order valence-corrected chi connectivity index (χ3v) is 7.56. The van der Waals surface area contributed by atoms with Crippen LogP contribution in [-0.4, -0.2) is 23.1 Å². The number of nitrogens with one attached hydrogen (secondary N) is 1. The van der Waals surface area contributed by atoms with Crippen molar-refractivity contribution in [1.82, 2.24) is 0 Å². The quantitative estimate of drug-likeness (QED) is 0.451. The Kier molecular flexibility index (Phi) is 6.19. The molecule has 128 valence electrons. The molecule has 23 heavy (non-hydrogen) atoms. The van der Waals surface area contributed by atoms with Crippen molar-refractivity contribution in [3.8, 4) is 0 Å². The van der Waals surface area contributed by atoms with Crippen LogP contribution in [0.1, 0.15) is 31.9 Å². The summed E-state index contributed by atoms with van der Waals surface area (Å²) in [6.45, 7) is 10.5. The van der Waals surface area contributed by atoms with Gasteiger partial charge in [-0.1, -0.05) is 45.6 Å². The minimum absolute atomic E-state index is 0.00393. The molecule has 0 saturated heterocycles. The first-order valence-corrected chi connectivity index (χ1v) is 9.69. The van der Waals surface area contributed by atoms with Crippen molar-refractivity contribution in [2.75, 3.05) is 12.5 Å². The second kappa shape index (κ2) is 7.32. The molecule has 1 rings (SSSR count). The predicted octanol–water partition coefficient (Wildman–Crippen LogP) is 4.63. The van der Waals surface area contributed by atoms with E-state index in [0.29, 0.717) is 16.7 Å². The molecular weight excluding hydrogens is 311 g/mol. The van der Waals surface area contributed by atoms with Crippen LogP contribution in [0, 0.1) is 11.2 Å². The van der Waals surface area contributed by atoms with Gasteiger partial charge in [-0.2, -0.15) is 0 Å². The maximum absolute atomic E-state index is 14.3. The summed E-state index contributed by atoms with van der Waals surface area (Å²) >= 11 is 0. The van der Waals surface area contributed by atoms with Gasteiger partial charge >= 0.3 is 0 Å². The Labute approximate surface area is 140 Å². The number of nitrogens with two attached hydrogens (primary N) is 1. The molecule has 1 aromatic rings. The van der Waals surface area contributed by atoms with Gasteiger partial charge in [0.25, 0.3) is 0 Å². The van der Waals surface area contributed by atoms with Crippen molar-refractivity contribution in [3.05, 3.63) is 53.9 Å². The van der Waals surface area contributed by atoms with Crippen molar-refractivity contribution < 1.29 is 8.57 Å². The SMILES string of the molecule is C=C(/C=C\C(=N)N)c1cccc(F)c1COS(C)(C)C(C)(C)C. The van der Waals surface area contributed by atoms with Crippen LogP contribution in [-0.2, 0) is 10.8 Å². The van der Waals surface area contributed by atoms with E-state index in [0.717, 1.165) is 0 Å². The maximum atomic E-state index is 14.3. The van der Waals surface area contributed by atoms with Crippen molar-refractivity contribution in [1.29, 1.82) is 5.41 Å². The molecule has 1 aromatic carbocycles. The summed E-state index contributed by atoms with van der Waals surface area (Å²) in [4.78, 5) is 0. The van der Waals surface area contributed by atoms with E-state index in [2.05, 4.69) is 39.9 Å². The van der Waals surface area contributed by atoms with Crippen molar-refractivity contribution >= 4 is 21.7 Å². The fraction of sp³-hybridized carbons (Fsp3) is 0.389. The molecule has 0 radical (unpaired) electrons. The Balaban J connectivity index is 3.08. The fourth-order valence-corrected chi connectivity index (χ4v) is 2.44. The minimum atomic E-state index is -1.35. The monoisotopic (exact) mass is 338 g/mol. The molecule has 0 aliphatic heterocycles. The zero-order chi connectivity index (χ0) is 17.8. The Morgan fingerprint density at radius 1 is 1.35 bits per heavy atom. The Morgan fingerprint density at radius 3 is 2.48 bits per heavy atom. The van der Waals surface area contributed by atoms with Crippen LogP contribution in [0.5, 0.6) is 0 Å². The Hall–Kier alpha value is -1.59. The summed E-state index contributed by atoms with van der Waals surface area (Å²) in [5, 5.41) is 7.23. The average molecular weight is 338 g/mol. The second-order valence-corrected chi connectivity index (χ2v) is 10.6. The number of rotatable bonds is 6. The van der Waals surface area contributed by atoms with Crippen molar-refractivity contribution in [2.45, 2.75) is 32.1 Å². The van der Waals surface area contributed by atoms with E-state index >= 15 is 0 Å². The second-order valence-electron chi connectivity index (χ2n) is 6.69. The first-order valence-electron chi connectivity index (χ1n) is 7.32. The molecule has 0 aliphatic rings. The first kappa shape index (κ1) is 19.5. The minimum Gasteiger partial charge on any atom is -0.384 e. The largest absolute Gasteiger partial charge is 0.384 e. The third-order valence-electron chi connectivity index (χ3n) is 3.90. The van der Waals surface area contributed by atoms with Gasteiger partial charge in [-0.15, -0.1) is 10.3 Å². The molecule has 5 heteroatoms. The summed E-state index contributed by atoms with van der Waals surface area (Å²) in [5.41, 5.74) is 7.06. The maximum Gasteiger partial charge on any atom is 0.129 e. The molecule has 0 spiro atoms. The summed E-state index contributed by atoms with van der Waals surface area (Å²) in [5.74, 6) is -0.386. The van der Waals surface area contributed by atoms with E-state index in [4.69, 9.17) is 15.3 Å². The molecule has 0 heterocycles. The van der Waals surface area contributed by atoms with Gasteiger partial charge in [0, 0.05) is 10.3 Å². The van der Waals surface area contributed by atoms with Crippen LogP contribution in [0.3, 0.4) is 0 Å². The smallest absolute Gasteiger partial charge is 0.129 e. The lowest BCUT2D eigenvalue weighted by atomic mass is 10.0. The van der Waals surface area contributed by atoms with Gasteiger partial charge in [-0.25, -0.2) is 4.39 Å². The van der Waals surface area contributed by atoms with Crippen LogP contribution >= 0.6 is 10.3 Å². The van der Waals surface area contributed by atoms with Gasteiger partial charge in [0.1, 0.15) is 11.7 Å². The van der Waals surface area contributed by atoms with E-state index in [1.54, 1.807) is 18.2 Å². The highest BCUT2D eigenvalue weighted by Crippen LogP contribution is 2.54. The normalized spacial score (nSPS) is 13.3. The lowest BCUT2D eigenvalue weighted by Gasteiger charge is -2.43. The topological polar surface area (TPSA) is 59.1 Å². The average Bonchev–Trinajstić information content (AvgIpc) is 2.41. The van der Waals surface area contributed by atoms with E-state index in [9.17, 15) is 4.39 Å². The molecule has 0 bridgehead atoms. The molecule has 0 amide bonds. The van der Waals surface area contributed by atoms with Crippen LogP contribution in [0.25, 0.3) is 5.57 Å². The van der Waals surface area contributed by atoms with Crippen molar-refractivity contribution in [2.24, 2.45) is 5.73 Å². The van der Waals surface area contributed by atoms with Gasteiger partial charge in [-0.3, -0.25) is 5.41 Å². The molecule has 3 nitrogen and oxygen atoms in total. The molecule has 0 aliphatic carbocycles. The summed E-state index contributed by atoms with van der Waals surface area (Å²) in [7, 11) is -1.35. The Morgan fingerprint density at radius 2 is 1.96 bits per heavy atom. The van der Waals surface area contributed by atoms with Gasteiger partial charge in [-0.05, 0) is 35.8 Å². The van der Waals surface area contributed by atoms with Crippen LogP contribution in [0.2, 0.25) is 0 Å². The zero-order valence-corrected chi connectivity index (χ0v) is 15.4.